The lowest BCUT2D eigenvalue weighted by atomic mass is 10.2. The van der Waals surface area contributed by atoms with Crippen LogP contribution in [0.15, 0.2) is 18.2 Å². The third kappa shape index (κ3) is 7.00. The van der Waals surface area contributed by atoms with Crippen LogP contribution < -0.4 is 10.1 Å². The van der Waals surface area contributed by atoms with Gasteiger partial charge in [0.05, 0.1) is 7.11 Å². The summed E-state index contributed by atoms with van der Waals surface area (Å²) < 4.78 is 10.0. The summed E-state index contributed by atoms with van der Waals surface area (Å²) in [5.74, 6) is -0.0547. The van der Waals surface area contributed by atoms with Gasteiger partial charge in [-0.1, -0.05) is 23.2 Å². The largest absolute Gasteiger partial charge is 0.481 e. The van der Waals surface area contributed by atoms with Crippen LogP contribution in [0, 0.1) is 0 Å². The molecule has 0 aliphatic carbocycles. The van der Waals surface area contributed by atoms with E-state index in [9.17, 15) is 9.59 Å². The summed E-state index contributed by atoms with van der Waals surface area (Å²) in [5, 5.41) is 3.63. The summed E-state index contributed by atoms with van der Waals surface area (Å²) in [5.41, 5.74) is 0. The number of carbonyl (C=O) groups excluding carboxylic acids is 2. The fraction of sp³-hybridized carbons (Fsp3) is 0.467. The summed E-state index contributed by atoms with van der Waals surface area (Å²) in [6, 6.07) is 4.77. The van der Waals surface area contributed by atoms with E-state index in [-0.39, 0.29) is 11.9 Å². The van der Waals surface area contributed by atoms with Crippen LogP contribution in [0.1, 0.15) is 26.2 Å². The van der Waals surface area contributed by atoms with E-state index in [0.717, 1.165) is 0 Å². The highest BCUT2D eigenvalue weighted by Crippen LogP contribution is 2.24. The number of benzene rings is 1. The quantitative estimate of drug-likeness (QED) is 0.579. The first kappa shape index (κ1) is 18.6. The third-order valence-corrected chi connectivity index (χ3v) is 3.29. The van der Waals surface area contributed by atoms with Gasteiger partial charge >= 0.3 is 5.97 Å². The lowest BCUT2D eigenvalue weighted by Gasteiger charge is -2.15. The second-order valence-electron chi connectivity index (χ2n) is 4.69. The van der Waals surface area contributed by atoms with E-state index >= 15 is 0 Å². The average Bonchev–Trinajstić information content (AvgIpc) is 2.45. The number of hydrogen-bond donors (Lipinski definition) is 1. The molecule has 0 spiro atoms. The summed E-state index contributed by atoms with van der Waals surface area (Å²) in [7, 11) is 1.35. The Kier molecular flexibility index (Phi) is 8.06. The molecular formula is C15H19Cl2NO4. The molecule has 1 rings (SSSR count). The maximum absolute atomic E-state index is 11.9. The van der Waals surface area contributed by atoms with E-state index < -0.39 is 6.10 Å². The molecule has 1 N–H and O–H groups in total. The Labute approximate surface area is 139 Å². The van der Waals surface area contributed by atoms with Gasteiger partial charge in [0.15, 0.2) is 6.10 Å². The van der Waals surface area contributed by atoms with E-state index in [1.165, 1.54) is 7.11 Å². The predicted octanol–water partition coefficient (Wildman–Crippen LogP) is 3.22. The maximum atomic E-state index is 11.9. The smallest absolute Gasteiger partial charge is 0.305 e. The molecule has 0 saturated carbocycles. The van der Waals surface area contributed by atoms with Crippen molar-refractivity contribution in [1.82, 2.24) is 5.32 Å². The number of unbranched alkanes of at least 4 members (excludes halogenated alkanes) is 1. The predicted molar refractivity (Wildman–Crippen MR) is 85.4 cm³/mol. The van der Waals surface area contributed by atoms with Crippen molar-refractivity contribution in [2.45, 2.75) is 32.3 Å². The molecule has 0 aliphatic heterocycles. The average molecular weight is 348 g/mol. The second-order valence-corrected chi connectivity index (χ2v) is 5.56. The minimum absolute atomic E-state index is 0.242. The highest BCUT2D eigenvalue weighted by atomic mass is 35.5. The molecular weight excluding hydrogens is 329 g/mol. The van der Waals surface area contributed by atoms with Gasteiger partial charge in [-0.2, -0.15) is 0 Å². The molecule has 122 valence electrons. The van der Waals surface area contributed by atoms with Crippen molar-refractivity contribution in [2.75, 3.05) is 13.7 Å². The van der Waals surface area contributed by atoms with E-state index in [2.05, 4.69) is 10.1 Å². The van der Waals surface area contributed by atoms with Crippen LogP contribution in [-0.4, -0.2) is 31.6 Å². The monoisotopic (exact) mass is 347 g/mol. The van der Waals surface area contributed by atoms with Crippen LogP contribution in [-0.2, 0) is 14.3 Å². The number of ether oxygens (including phenoxy) is 2. The Morgan fingerprint density at radius 3 is 2.41 bits per heavy atom. The number of halogens is 2. The SMILES string of the molecule is COC(=O)CCCCNC(=O)C(C)Oc1cc(Cl)cc(Cl)c1. The molecule has 0 saturated heterocycles. The number of methoxy groups -OCH3 is 1. The molecule has 1 amide bonds. The lowest BCUT2D eigenvalue weighted by molar-refractivity contribution is -0.140. The highest BCUT2D eigenvalue weighted by Gasteiger charge is 2.14. The molecule has 0 bridgehead atoms. The van der Waals surface area contributed by atoms with Gasteiger partial charge < -0.3 is 14.8 Å². The topological polar surface area (TPSA) is 64.6 Å². The molecule has 1 aromatic carbocycles. The zero-order valence-electron chi connectivity index (χ0n) is 12.5. The first-order chi connectivity index (χ1) is 10.4. The van der Waals surface area contributed by atoms with Crippen molar-refractivity contribution in [3.8, 4) is 5.75 Å². The molecule has 22 heavy (non-hydrogen) atoms. The van der Waals surface area contributed by atoms with E-state index in [1.807, 2.05) is 0 Å². The molecule has 1 atom stereocenters. The van der Waals surface area contributed by atoms with Gasteiger partial charge in [-0.25, -0.2) is 0 Å². The van der Waals surface area contributed by atoms with Gasteiger partial charge in [0, 0.05) is 23.0 Å². The van der Waals surface area contributed by atoms with Crippen molar-refractivity contribution in [3.05, 3.63) is 28.2 Å². The van der Waals surface area contributed by atoms with Crippen LogP contribution in [0.3, 0.4) is 0 Å². The summed E-state index contributed by atoms with van der Waals surface area (Å²) in [6.07, 6.45) is 1.03. The third-order valence-electron chi connectivity index (χ3n) is 2.85. The summed E-state index contributed by atoms with van der Waals surface area (Å²) in [4.78, 5) is 22.8. The van der Waals surface area contributed by atoms with Gasteiger partial charge in [-0.05, 0) is 38.0 Å². The van der Waals surface area contributed by atoms with E-state index in [4.69, 9.17) is 27.9 Å². The van der Waals surface area contributed by atoms with Crippen LogP contribution in [0.5, 0.6) is 5.75 Å². The Hall–Kier alpha value is -1.46. The van der Waals surface area contributed by atoms with Crippen molar-refractivity contribution < 1.29 is 19.1 Å². The van der Waals surface area contributed by atoms with Crippen molar-refractivity contribution in [1.29, 1.82) is 0 Å². The molecule has 0 fully saturated rings. The molecule has 0 aromatic heterocycles. The Bertz CT molecular complexity index is 502. The fourth-order valence-corrected chi connectivity index (χ4v) is 2.21. The molecule has 1 unspecified atom stereocenters. The second kappa shape index (κ2) is 9.54. The minimum atomic E-state index is -0.671. The Balaban J connectivity index is 2.31. The number of amides is 1. The first-order valence-corrected chi connectivity index (χ1v) is 7.65. The van der Waals surface area contributed by atoms with Crippen molar-refractivity contribution in [2.24, 2.45) is 0 Å². The van der Waals surface area contributed by atoms with E-state index in [0.29, 0.717) is 41.6 Å². The van der Waals surface area contributed by atoms with Crippen LogP contribution >= 0.6 is 23.2 Å². The Morgan fingerprint density at radius 1 is 1.18 bits per heavy atom. The molecule has 5 nitrogen and oxygen atoms in total. The first-order valence-electron chi connectivity index (χ1n) is 6.89. The Morgan fingerprint density at radius 2 is 1.82 bits per heavy atom. The fourth-order valence-electron chi connectivity index (χ4n) is 1.71. The number of nitrogens with one attached hydrogen (secondary N) is 1. The molecule has 0 aliphatic rings. The minimum Gasteiger partial charge on any atom is -0.481 e. The van der Waals surface area contributed by atoms with Gasteiger partial charge in [0.2, 0.25) is 0 Å². The summed E-state index contributed by atoms with van der Waals surface area (Å²) >= 11 is 11.7. The van der Waals surface area contributed by atoms with Crippen LogP contribution in [0.25, 0.3) is 0 Å². The van der Waals surface area contributed by atoms with Crippen molar-refractivity contribution in [3.63, 3.8) is 0 Å². The summed E-state index contributed by atoms with van der Waals surface area (Å²) in [6.45, 7) is 2.11. The molecule has 0 heterocycles. The van der Waals surface area contributed by atoms with Crippen LogP contribution in [0.2, 0.25) is 10.0 Å². The molecule has 7 heteroatoms. The molecule has 1 aromatic rings. The van der Waals surface area contributed by atoms with Crippen LogP contribution in [0.4, 0.5) is 0 Å². The normalized spacial score (nSPS) is 11.6. The number of esters is 1. The van der Waals surface area contributed by atoms with E-state index in [1.54, 1.807) is 25.1 Å². The zero-order chi connectivity index (χ0) is 16.5. The van der Waals surface area contributed by atoms with Gasteiger partial charge in [0.1, 0.15) is 5.75 Å². The standard InChI is InChI=1S/C15H19Cl2NO4/c1-10(22-13-8-11(16)7-12(17)9-13)15(20)18-6-4-3-5-14(19)21-2/h7-10H,3-6H2,1-2H3,(H,18,20). The number of hydrogen-bond acceptors (Lipinski definition) is 4. The highest BCUT2D eigenvalue weighted by molar-refractivity contribution is 6.34. The molecule has 0 radical (unpaired) electrons. The zero-order valence-corrected chi connectivity index (χ0v) is 14.0. The van der Waals surface area contributed by atoms with Crippen molar-refractivity contribution >= 4 is 35.1 Å². The van der Waals surface area contributed by atoms with Gasteiger partial charge in [-0.15, -0.1) is 0 Å². The van der Waals surface area contributed by atoms with Gasteiger partial charge in [0.25, 0.3) is 5.91 Å². The lowest BCUT2D eigenvalue weighted by Crippen LogP contribution is -2.36. The maximum Gasteiger partial charge on any atom is 0.305 e. The van der Waals surface area contributed by atoms with Gasteiger partial charge in [-0.3, -0.25) is 9.59 Å². The number of carbonyl (C=O) groups is 2. The number of rotatable bonds is 8.